The van der Waals surface area contributed by atoms with E-state index in [1.165, 1.54) is 12.4 Å². The maximum atomic E-state index is 15.0. The van der Waals surface area contributed by atoms with Gasteiger partial charge in [0.05, 0.1) is 17.5 Å². The van der Waals surface area contributed by atoms with E-state index in [1.54, 1.807) is 61.2 Å². The van der Waals surface area contributed by atoms with Gasteiger partial charge < -0.3 is 24.8 Å². The highest BCUT2D eigenvalue weighted by Gasteiger charge is 2.22. The van der Waals surface area contributed by atoms with Crippen LogP contribution in [0.2, 0.25) is 0 Å². The molecular formula is C31H33FN6O3. The van der Waals surface area contributed by atoms with Gasteiger partial charge in [-0.25, -0.2) is 19.2 Å². The molecule has 0 bridgehead atoms. The number of urea groups is 1. The Labute approximate surface area is 238 Å². The van der Waals surface area contributed by atoms with E-state index < -0.39 is 11.7 Å². The molecular weight excluding hydrogens is 523 g/mol. The Balaban J connectivity index is 1.43. The minimum Gasteiger partial charge on any atom is -0.491 e. The van der Waals surface area contributed by atoms with Crippen molar-refractivity contribution in [1.29, 1.82) is 0 Å². The van der Waals surface area contributed by atoms with E-state index in [4.69, 9.17) is 4.74 Å². The van der Waals surface area contributed by atoms with Crippen molar-refractivity contribution >= 4 is 34.2 Å². The minimum atomic E-state index is -0.538. The first-order valence-electron chi connectivity index (χ1n) is 13.5. The lowest BCUT2D eigenvalue weighted by Gasteiger charge is -2.28. The molecule has 0 atom stereocenters. The summed E-state index contributed by atoms with van der Waals surface area (Å²) in [6.07, 6.45) is 4.22. The summed E-state index contributed by atoms with van der Waals surface area (Å²) in [5.74, 6) is -0.311. The number of carbonyl (C=O) groups excluding carboxylic acids is 2. The molecule has 5 rings (SSSR count). The molecule has 0 fully saturated rings. The van der Waals surface area contributed by atoms with Crippen LogP contribution in [0.1, 0.15) is 41.9 Å². The number of hydrogen-bond donors (Lipinski definition) is 2. The fraction of sp³-hybridized carbons (Fsp3) is 0.290. The van der Waals surface area contributed by atoms with Gasteiger partial charge in [-0.1, -0.05) is 6.08 Å². The van der Waals surface area contributed by atoms with Crippen LogP contribution in [-0.4, -0.2) is 70.0 Å². The molecule has 0 saturated carbocycles. The van der Waals surface area contributed by atoms with Gasteiger partial charge in [0.15, 0.2) is 0 Å². The molecule has 0 saturated heterocycles. The highest BCUT2D eigenvalue weighted by molar-refractivity contribution is 6.05. The third-order valence-electron chi connectivity index (χ3n) is 7.03. The second-order valence-electron chi connectivity index (χ2n) is 10.5. The van der Waals surface area contributed by atoms with Gasteiger partial charge >= 0.3 is 6.03 Å². The predicted octanol–water partition coefficient (Wildman–Crippen LogP) is 5.88. The number of ether oxygens (including phenoxy) is 1. The van der Waals surface area contributed by atoms with Gasteiger partial charge in [-0.3, -0.25) is 4.79 Å². The quantitative estimate of drug-likeness (QED) is 0.309. The number of halogens is 1. The Morgan fingerprint density at radius 3 is 2.54 bits per heavy atom. The molecule has 9 nitrogen and oxygen atoms in total. The van der Waals surface area contributed by atoms with Gasteiger partial charge in [0, 0.05) is 49.4 Å². The van der Waals surface area contributed by atoms with Crippen LogP contribution in [0.5, 0.6) is 5.75 Å². The van der Waals surface area contributed by atoms with Crippen molar-refractivity contribution in [2.24, 2.45) is 0 Å². The number of H-pyrrole nitrogens is 1. The van der Waals surface area contributed by atoms with Crippen LogP contribution in [0.4, 0.5) is 14.9 Å². The van der Waals surface area contributed by atoms with E-state index in [-0.39, 0.29) is 17.8 Å². The second-order valence-corrected chi connectivity index (χ2v) is 10.5. The smallest absolute Gasteiger partial charge is 0.319 e. The molecule has 0 radical (unpaired) electrons. The first-order chi connectivity index (χ1) is 19.6. The van der Waals surface area contributed by atoms with Crippen LogP contribution in [0.15, 0.2) is 54.9 Å². The summed E-state index contributed by atoms with van der Waals surface area (Å²) in [6.45, 7) is 6.75. The van der Waals surface area contributed by atoms with Gasteiger partial charge in [-0.05, 0) is 80.8 Å². The van der Waals surface area contributed by atoms with Crippen molar-refractivity contribution in [2.45, 2.75) is 33.3 Å². The van der Waals surface area contributed by atoms with Crippen molar-refractivity contribution in [3.05, 3.63) is 77.5 Å². The minimum absolute atomic E-state index is 0.0158. The number of carbonyl (C=O) groups is 2. The number of aromatic nitrogens is 3. The molecule has 0 unspecified atom stereocenters. The molecule has 212 valence electrons. The lowest BCUT2D eigenvalue weighted by atomic mass is 10.00. The van der Waals surface area contributed by atoms with E-state index in [2.05, 4.69) is 20.3 Å². The number of aromatic amines is 1. The van der Waals surface area contributed by atoms with Crippen molar-refractivity contribution < 1.29 is 18.7 Å². The van der Waals surface area contributed by atoms with Gasteiger partial charge in [-0.2, -0.15) is 0 Å². The maximum Gasteiger partial charge on any atom is 0.319 e. The number of anilines is 1. The highest BCUT2D eigenvalue weighted by atomic mass is 19.1. The first kappa shape index (κ1) is 27.8. The third kappa shape index (κ3) is 5.77. The molecule has 0 spiro atoms. The lowest BCUT2D eigenvalue weighted by Crippen LogP contribution is -2.41. The van der Waals surface area contributed by atoms with E-state index in [9.17, 15) is 9.59 Å². The summed E-state index contributed by atoms with van der Waals surface area (Å²) < 4.78 is 20.7. The fourth-order valence-electron chi connectivity index (χ4n) is 4.93. The second kappa shape index (κ2) is 11.4. The van der Waals surface area contributed by atoms with Crippen molar-refractivity contribution in [1.82, 2.24) is 24.8 Å². The zero-order valence-electron chi connectivity index (χ0n) is 23.8. The Morgan fingerprint density at radius 2 is 1.88 bits per heavy atom. The van der Waals surface area contributed by atoms with Crippen LogP contribution in [0.25, 0.3) is 27.9 Å². The zero-order chi connectivity index (χ0) is 29.3. The zero-order valence-corrected chi connectivity index (χ0v) is 23.8. The van der Waals surface area contributed by atoms with E-state index >= 15 is 4.39 Å². The number of amides is 3. The normalized spacial score (nSPS) is 13.3. The number of nitrogens with one attached hydrogen (secondary N) is 2. The lowest BCUT2D eigenvalue weighted by molar-refractivity contribution is 0.102. The Bertz CT molecular complexity index is 1640. The molecule has 0 aliphatic carbocycles. The molecule has 2 aromatic heterocycles. The average Bonchev–Trinajstić information content (AvgIpc) is 3.40. The molecule has 4 aromatic rings. The summed E-state index contributed by atoms with van der Waals surface area (Å²) in [6, 6.07) is 11.7. The summed E-state index contributed by atoms with van der Waals surface area (Å²) in [5.41, 5.74) is 4.98. The topological polar surface area (TPSA) is 103 Å². The number of nitrogens with zero attached hydrogens (tertiary/aromatic N) is 4. The van der Waals surface area contributed by atoms with Gasteiger partial charge in [0.1, 0.15) is 23.5 Å². The summed E-state index contributed by atoms with van der Waals surface area (Å²) in [5, 5.41) is 3.52. The molecule has 10 heteroatoms. The van der Waals surface area contributed by atoms with Gasteiger partial charge in [-0.15, -0.1) is 0 Å². The number of benzene rings is 2. The molecule has 2 N–H and O–H groups in total. The molecule has 3 amide bonds. The largest absolute Gasteiger partial charge is 0.491 e. The first-order valence-corrected chi connectivity index (χ1v) is 13.5. The summed E-state index contributed by atoms with van der Waals surface area (Å²) in [4.78, 5) is 41.0. The predicted molar refractivity (Wildman–Crippen MR) is 157 cm³/mol. The number of hydrogen-bond acceptors (Lipinski definition) is 5. The van der Waals surface area contributed by atoms with Crippen molar-refractivity contribution in [3.63, 3.8) is 0 Å². The van der Waals surface area contributed by atoms with Crippen LogP contribution >= 0.6 is 0 Å². The number of fused-ring (bicyclic) bond motifs is 1. The average molecular weight is 557 g/mol. The van der Waals surface area contributed by atoms with Crippen LogP contribution < -0.4 is 10.1 Å². The standard InChI is InChI=1S/C31H33FN6O3/c1-18(2)41-22-8-6-21(7-9-22)30(39)36-27-19(3)23(10-11-25(27)32)28-24-16-26(35-29(24)34-17-33-28)20-12-14-38(15-13-20)31(40)37(4)5/h6-12,16-18H,13-15H2,1-5H3,(H,36,39)(H,33,34,35). The fourth-order valence-corrected chi connectivity index (χ4v) is 4.93. The summed E-state index contributed by atoms with van der Waals surface area (Å²) in [7, 11) is 3.49. The molecule has 41 heavy (non-hydrogen) atoms. The Hall–Kier alpha value is -4.73. The monoisotopic (exact) mass is 556 g/mol. The van der Waals surface area contributed by atoms with Crippen molar-refractivity contribution in [3.8, 4) is 17.0 Å². The third-order valence-corrected chi connectivity index (χ3v) is 7.03. The molecule has 1 aliphatic heterocycles. The van der Waals surface area contributed by atoms with Crippen LogP contribution in [0.3, 0.4) is 0 Å². The van der Waals surface area contributed by atoms with E-state index in [1.807, 2.05) is 26.0 Å². The van der Waals surface area contributed by atoms with Crippen LogP contribution in [0, 0.1) is 12.7 Å². The van der Waals surface area contributed by atoms with E-state index in [0.29, 0.717) is 53.3 Å². The Kier molecular flexibility index (Phi) is 7.74. The number of rotatable bonds is 6. The van der Waals surface area contributed by atoms with Gasteiger partial charge in [0.25, 0.3) is 5.91 Å². The highest BCUT2D eigenvalue weighted by Crippen LogP contribution is 2.35. The molecule has 2 aromatic carbocycles. The van der Waals surface area contributed by atoms with Gasteiger partial charge in [0.2, 0.25) is 0 Å². The molecule has 1 aliphatic rings. The Morgan fingerprint density at radius 1 is 1.12 bits per heavy atom. The molecule has 3 heterocycles. The van der Waals surface area contributed by atoms with Crippen molar-refractivity contribution in [2.75, 3.05) is 32.5 Å². The summed E-state index contributed by atoms with van der Waals surface area (Å²) >= 11 is 0. The maximum absolute atomic E-state index is 15.0. The van der Waals surface area contributed by atoms with Crippen LogP contribution in [-0.2, 0) is 0 Å². The SMILES string of the molecule is Cc1c(-c2ncnc3[nH]c(C4=CCN(C(=O)N(C)C)CC4)cc23)ccc(F)c1NC(=O)c1ccc(OC(C)C)cc1. The van der Waals surface area contributed by atoms with E-state index in [0.717, 1.165) is 16.7 Å².